The molecule has 0 heterocycles. The first kappa shape index (κ1) is 21.2. The highest BCUT2D eigenvalue weighted by Crippen LogP contribution is 2.24. The van der Waals surface area contributed by atoms with E-state index >= 15 is 0 Å². The number of hydrogen-bond donors (Lipinski definition) is 2. The number of rotatable bonds is 9. The number of nitrogens with two attached hydrogens (primary N) is 1. The number of unbranched alkanes of at least 4 members (excludes halogenated alkanes) is 3. The van der Waals surface area contributed by atoms with Gasteiger partial charge in [-0.1, -0.05) is 50.4 Å². The fourth-order valence-corrected chi connectivity index (χ4v) is 2.39. The number of amides is 1. The Morgan fingerprint density at radius 3 is 2.55 bits per heavy atom. The molecular weight excluding hydrogens is 319 g/mol. The van der Waals surface area contributed by atoms with Crippen molar-refractivity contribution in [2.45, 2.75) is 51.4 Å². The molecule has 126 valence electrons. The highest BCUT2D eigenvalue weighted by molar-refractivity contribution is 6.30. The lowest BCUT2D eigenvalue weighted by molar-refractivity contribution is -0.121. The number of carbonyl (C=O) groups is 1. The van der Waals surface area contributed by atoms with Crippen molar-refractivity contribution in [3.05, 3.63) is 34.9 Å². The van der Waals surface area contributed by atoms with E-state index in [1.807, 2.05) is 24.3 Å². The lowest BCUT2D eigenvalue weighted by Crippen LogP contribution is -2.36. The summed E-state index contributed by atoms with van der Waals surface area (Å²) in [6.07, 6.45) is 4.75. The van der Waals surface area contributed by atoms with Crippen molar-refractivity contribution in [2.24, 2.45) is 5.73 Å². The van der Waals surface area contributed by atoms with Gasteiger partial charge in [0.15, 0.2) is 0 Å². The smallest absolute Gasteiger partial charge is 0.220 e. The van der Waals surface area contributed by atoms with E-state index in [2.05, 4.69) is 19.2 Å². The van der Waals surface area contributed by atoms with Crippen LogP contribution in [0, 0.1) is 0 Å². The molecule has 0 saturated carbocycles. The van der Waals surface area contributed by atoms with Crippen LogP contribution in [0.3, 0.4) is 0 Å². The highest BCUT2D eigenvalue weighted by atomic mass is 35.5. The molecule has 0 fully saturated rings. The number of carbonyl (C=O) groups excluding carboxylic acids is 1. The SMILES string of the molecule is CC(C)(CNC(=O)CCCCCCN)c1cccc(Cl)c1.Cl. The molecule has 0 radical (unpaired) electrons. The third kappa shape index (κ3) is 8.02. The van der Waals surface area contributed by atoms with Crippen LogP contribution in [-0.4, -0.2) is 19.0 Å². The molecule has 0 aliphatic rings. The van der Waals surface area contributed by atoms with Gasteiger partial charge in [-0.25, -0.2) is 0 Å². The zero-order chi connectivity index (χ0) is 15.7. The predicted octanol–water partition coefficient (Wildman–Crippen LogP) is 4.06. The van der Waals surface area contributed by atoms with Gasteiger partial charge in [0.1, 0.15) is 0 Å². The molecule has 0 saturated heterocycles. The lowest BCUT2D eigenvalue weighted by atomic mass is 9.84. The molecule has 0 unspecified atom stereocenters. The summed E-state index contributed by atoms with van der Waals surface area (Å²) in [4.78, 5) is 11.9. The Morgan fingerprint density at radius 1 is 1.23 bits per heavy atom. The van der Waals surface area contributed by atoms with Crippen LogP contribution in [0.2, 0.25) is 5.02 Å². The van der Waals surface area contributed by atoms with Gasteiger partial charge in [0.05, 0.1) is 0 Å². The summed E-state index contributed by atoms with van der Waals surface area (Å²) in [5.41, 5.74) is 6.46. The van der Waals surface area contributed by atoms with Crippen molar-refractivity contribution >= 4 is 29.9 Å². The number of nitrogens with one attached hydrogen (secondary N) is 1. The maximum absolute atomic E-state index is 11.9. The van der Waals surface area contributed by atoms with Crippen LogP contribution in [0.15, 0.2) is 24.3 Å². The third-order valence-corrected chi connectivity index (χ3v) is 3.93. The van der Waals surface area contributed by atoms with Gasteiger partial charge in [0.25, 0.3) is 0 Å². The average molecular weight is 347 g/mol. The van der Waals surface area contributed by atoms with Gasteiger partial charge in [0.2, 0.25) is 5.91 Å². The van der Waals surface area contributed by atoms with E-state index in [9.17, 15) is 4.79 Å². The first-order valence-electron chi connectivity index (χ1n) is 7.68. The van der Waals surface area contributed by atoms with E-state index in [0.29, 0.717) is 13.0 Å². The molecule has 22 heavy (non-hydrogen) atoms. The van der Waals surface area contributed by atoms with E-state index in [1.54, 1.807) is 0 Å². The molecule has 0 aliphatic carbocycles. The van der Waals surface area contributed by atoms with Crippen molar-refractivity contribution in [3.63, 3.8) is 0 Å². The van der Waals surface area contributed by atoms with Crippen LogP contribution >= 0.6 is 24.0 Å². The fraction of sp³-hybridized carbons (Fsp3) is 0.588. The second kappa shape index (κ2) is 10.9. The van der Waals surface area contributed by atoms with Crippen molar-refractivity contribution < 1.29 is 4.79 Å². The van der Waals surface area contributed by atoms with E-state index in [1.165, 1.54) is 0 Å². The van der Waals surface area contributed by atoms with Gasteiger partial charge in [-0.2, -0.15) is 0 Å². The number of halogens is 2. The molecule has 3 N–H and O–H groups in total. The van der Waals surface area contributed by atoms with Crippen LogP contribution < -0.4 is 11.1 Å². The summed E-state index contributed by atoms with van der Waals surface area (Å²) < 4.78 is 0. The molecule has 5 heteroatoms. The van der Waals surface area contributed by atoms with Gasteiger partial charge < -0.3 is 11.1 Å². The molecule has 0 atom stereocenters. The topological polar surface area (TPSA) is 55.1 Å². The largest absolute Gasteiger partial charge is 0.355 e. The van der Waals surface area contributed by atoms with Crippen LogP contribution in [0.25, 0.3) is 0 Å². The van der Waals surface area contributed by atoms with Crippen LogP contribution in [0.1, 0.15) is 51.5 Å². The molecule has 1 amide bonds. The molecule has 1 rings (SSSR count). The second-order valence-electron chi connectivity index (χ2n) is 6.12. The maximum Gasteiger partial charge on any atom is 0.220 e. The van der Waals surface area contributed by atoms with Gasteiger partial charge >= 0.3 is 0 Å². The summed E-state index contributed by atoms with van der Waals surface area (Å²) in [5, 5.41) is 3.75. The molecule has 0 spiro atoms. The molecule has 0 aliphatic heterocycles. The summed E-state index contributed by atoms with van der Waals surface area (Å²) in [6.45, 7) is 5.58. The van der Waals surface area contributed by atoms with E-state index in [0.717, 1.165) is 42.8 Å². The summed E-state index contributed by atoms with van der Waals surface area (Å²) in [7, 11) is 0. The minimum Gasteiger partial charge on any atom is -0.355 e. The number of hydrogen-bond acceptors (Lipinski definition) is 2. The van der Waals surface area contributed by atoms with Gasteiger partial charge in [-0.3, -0.25) is 4.79 Å². The normalized spacial score (nSPS) is 10.9. The summed E-state index contributed by atoms with van der Waals surface area (Å²) in [6, 6.07) is 7.81. The Bertz CT molecular complexity index is 450. The number of benzene rings is 1. The van der Waals surface area contributed by atoms with E-state index in [-0.39, 0.29) is 23.7 Å². The van der Waals surface area contributed by atoms with Gasteiger partial charge in [-0.15, -0.1) is 12.4 Å². The second-order valence-corrected chi connectivity index (χ2v) is 6.56. The minimum atomic E-state index is -0.125. The zero-order valence-corrected chi connectivity index (χ0v) is 15.1. The molecule has 1 aromatic rings. The predicted molar refractivity (Wildman–Crippen MR) is 96.9 cm³/mol. The first-order chi connectivity index (χ1) is 9.95. The van der Waals surface area contributed by atoms with Crippen molar-refractivity contribution in [3.8, 4) is 0 Å². The minimum absolute atomic E-state index is 0. The van der Waals surface area contributed by atoms with Crippen molar-refractivity contribution in [1.82, 2.24) is 5.32 Å². The average Bonchev–Trinajstić information content (AvgIpc) is 2.45. The Balaban J connectivity index is 0.00000441. The summed E-state index contributed by atoms with van der Waals surface area (Å²) >= 11 is 6.03. The molecule has 0 bridgehead atoms. The van der Waals surface area contributed by atoms with E-state index < -0.39 is 0 Å². The molecule has 3 nitrogen and oxygen atoms in total. The monoisotopic (exact) mass is 346 g/mol. The van der Waals surface area contributed by atoms with Crippen LogP contribution in [-0.2, 0) is 10.2 Å². The molecule has 0 aromatic heterocycles. The van der Waals surface area contributed by atoms with Crippen LogP contribution in [0.4, 0.5) is 0 Å². The lowest BCUT2D eigenvalue weighted by Gasteiger charge is -2.26. The Kier molecular flexibility index (Phi) is 10.5. The quantitative estimate of drug-likeness (QED) is 0.662. The standard InChI is InChI=1S/C17H27ClN2O.ClH/c1-17(2,14-8-7-9-15(18)12-14)13-20-16(21)10-5-3-4-6-11-19;/h7-9,12H,3-6,10-11,13,19H2,1-2H3,(H,20,21);1H. The fourth-order valence-electron chi connectivity index (χ4n) is 2.20. The molecular formula is C17H28Cl2N2O. The third-order valence-electron chi connectivity index (χ3n) is 3.69. The highest BCUT2D eigenvalue weighted by Gasteiger charge is 2.21. The Labute approximate surface area is 145 Å². The van der Waals surface area contributed by atoms with Gasteiger partial charge in [-0.05, 0) is 37.1 Å². The first-order valence-corrected chi connectivity index (χ1v) is 8.06. The Morgan fingerprint density at radius 2 is 1.91 bits per heavy atom. The maximum atomic E-state index is 11.9. The van der Waals surface area contributed by atoms with Crippen molar-refractivity contribution in [2.75, 3.05) is 13.1 Å². The van der Waals surface area contributed by atoms with Gasteiger partial charge in [0, 0.05) is 23.4 Å². The molecule has 1 aromatic carbocycles. The van der Waals surface area contributed by atoms with Crippen LogP contribution in [0.5, 0.6) is 0 Å². The van der Waals surface area contributed by atoms with E-state index in [4.69, 9.17) is 17.3 Å². The zero-order valence-electron chi connectivity index (χ0n) is 13.5. The summed E-state index contributed by atoms with van der Waals surface area (Å²) in [5.74, 6) is 0.123. The Hall–Kier alpha value is -0.770. The van der Waals surface area contributed by atoms with Crippen molar-refractivity contribution in [1.29, 1.82) is 0 Å².